The molecule has 0 aromatic heterocycles. The summed E-state index contributed by atoms with van der Waals surface area (Å²) in [5, 5.41) is 19.1. The van der Waals surface area contributed by atoms with Gasteiger partial charge in [0.25, 0.3) is 0 Å². The number of rotatable bonds is 2. The second kappa shape index (κ2) is 5.25. The van der Waals surface area contributed by atoms with Crippen LogP contribution < -0.4 is 10.8 Å². The van der Waals surface area contributed by atoms with Gasteiger partial charge in [-0.15, -0.1) is 0 Å². The second-order valence-corrected chi connectivity index (χ2v) is 4.04. The van der Waals surface area contributed by atoms with Gasteiger partial charge >= 0.3 is 19.2 Å². The molecule has 98 valence electrons. The first-order valence-electron chi connectivity index (χ1n) is 4.36. The molecule has 0 spiro atoms. The maximum atomic E-state index is 13.3. The Morgan fingerprint density at radius 1 is 1.33 bits per heavy atom. The van der Waals surface area contributed by atoms with E-state index in [2.05, 4.69) is 15.9 Å². The molecule has 0 radical (unpaired) electrons. The highest BCUT2D eigenvalue weighted by Gasteiger charge is 2.38. The average molecular weight is 330 g/mol. The number of benzene rings is 1. The first-order valence-corrected chi connectivity index (χ1v) is 5.15. The molecule has 0 heterocycles. The highest BCUT2D eigenvalue weighted by Crippen LogP contribution is 2.22. The number of nitrogens with one attached hydrogen (secondary N) is 1. The zero-order valence-electron chi connectivity index (χ0n) is 8.42. The minimum Gasteiger partial charge on any atom is -0.423 e. The molecule has 1 amide bonds. The number of anilines is 1. The number of alkyl halides is 3. The standard InChI is InChI=1S/C8H5BBrF4NO3/c10-5-2-3(15-7(16)8(12,13)14)1-4(6(5)11)9(17)18/h1-2,17-18H,(H,15,16). The number of halogens is 5. The first-order chi connectivity index (χ1) is 8.12. The third-order valence-corrected chi connectivity index (χ3v) is 2.43. The molecule has 10 heteroatoms. The topological polar surface area (TPSA) is 69.6 Å². The van der Waals surface area contributed by atoms with Crippen molar-refractivity contribution in [3.63, 3.8) is 0 Å². The highest BCUT2D eigenvalue weighted by molar-refractivity contribution is 9.10. The van der Waals surface area contributed by atoms with Crippen molar-refractivity contribution in [2.24, 2.45) is 0 Å². The molecule has 0 atom stereocenters. The van der Waals surface area contributed by atoms with Crippen molar-refractivity contribution < 1.29 is 32.4 Å². The van der Waals surface area contributed by atoms with Gasteiger partial charge in [-0.05, 0) is 28.1 Å². The fourth-order valence-electron chi connectivity index (χ4n) is 1.07. The van der Waals surface area contributed by atoms with Gasteiger partial charge in [0.15, 0.2) is 0 Å². The van der Waals surface area contributed by atoms with Gasteiger partial charge < -0.3 is 15.4 Å². The number of amides is 1. The summed E-state index contributed by atoms with van der Waals surface area (Å²) >= 11 is 2.68. The normalized spacial score (nSPS) is 11.3. The van der Waals surface area contributed by atoms with Gasteiger partial charge in [-0.1, -0.05) is 0 Å². The van der Waals surface area contributed by atoms with Gasteiger partial charge in [0, 0.05) is 11.2 Å². The van der Waals surface area contributed by atoms with Crippen molar-refractivity contribution in [3.05, 3.63) is 22.4 Å². The van der Waals surface area contributed by atoms with Gasteiger partial charge in [-0.25, -0.2) is 4.39 Å². The Balaban J connectivity index is 3.09. The molecular weight excluding hydrogens is 325 g/mol. The molecule has 0 aliphatic heterocycles. The molecule has 4 nitrogen and oxygen atoms in total. The van der Waals surface area contributed by atoms with E-state index in [0.29, 0.717) is 6.07 Å². The lowest BCUT2D eigenvalue weighted by molar-refractivity contribution is -0.167. The third kappa shape index (κ3) is 3.43. The summed E-state index contributed by atoms with van der Waals surface area (Å²) in [4.78, 5) is 10.6. The van der Waals surface area contributed by atoms with Gasteiger partial charge in [-0.2, -0.15) is 13.2 Å². The molecule has 0 saturated heterocycles. The minimum atomic E-state index is -5.10. The largest absolute Gasteiger partial charge is 0.491 e. The summed E-state index contributed by atoms with van der Waals surface area (Å²) in [5.41, 5.74) is -1.09. The van der Waals surface area contributed by atoms with Crippen molar-refractivity contribution in [1.82, 2.24) is 0 Å². The Bertz CT molecular complexity index is 480. The van der Waals surface area contributed by atoms with Gasteiger partial charge in [0.1, 0.15) is 5.82 Å². The van der Waals surface area contributed by atoms with Crippen LogP contribution in [0.4, 0.5) is 23.2 Å². The van der Waals surface area contributed by atoms with Crippen LogP contribution >= 0.6 is 15.9 Å². The van der Waals surface area contributed by atoms with Crippen molar-refractivity contribution in [2.75, 3.05) is 5.32 Å². The lowest BCUT2D eigenvalue weighted by atomic mass is 9.79. The van der Waals surface area contributed by atoms with Crippen LogP contribution in [0.2, 0.25) is 0 Å². The Labute approximate surface area is 107 Å². The zero-order valence-corrected chi connectivity index (χ0v) is 10.0. The number of hydrogen-bond donors (Lipinski definition) is 3. The number of carbonyl (C=O) groups excluding carboxylic acids is 1. The Morgan fingerprint density at radius 2 is 1.89 bits per heavy atom. The molecule has 0 bridgehead atoms. The van der Waals surface area contributed by atoms with Crippen LogP contribution in [0.1, 0.15) is 0 Å². The van der Waals surface area contributed by atoms with Gasteiger partial charge in [0.2, 0.25) is 0 Å². The number of hydrogen-bond acceptors (Lipinski definition) is 3. The van der Waals surface area contributed by atoms with Gasteiger partial charge in [0.05, 0.1) is 4.47 Å². The Morgan fingerprint density at radius 3 is 2.33 bits per heavy atom. The SMILES string of the molecule is O=C(Nc1cc(Br)c(F)c(B(O)O)c1)C(F)(F)F. The molecule has 0 fully saturated rings. The molecule has 3 N–H and O–H groups in total. The Kier molecular flexibility index (Phi) is 4.35. The van der Waals surface area contributed by atoms with Crippen LogP contribution in [0, 0.1) is 5.82 Å². The third-order valence-electron chi connectivity index (χ3n) is 1.85. The summed E-state index contributed by atoms with van der Waals surface area (Å²) < 4.78 is 48.9. The lowest BCUT2D eigenvalue weighted by Gasteiger charge is -2.11. The molecule has 0 unspecified atom stereocenters. The predicted molar refractivity (Wildman–Crippen MR) is 58.6 cm³/mol. The van der Waals surface area contributed by atoms with Crippen molar-refractivity contribution in [2.45, 2.75) is 6.18 Å². The van der Waals surface area contributed by atoms with E-state index >= 15 is 0 Å². The Hall–Kier alpha value is -1.13. The summed E-state index contributed by atoms with van der Waals surface area (Å²) in [6.07, 6.45) is -5.10. The van der Waals surface area contributed by atoms with Crippen LogP contribution in [0.5, 0.6) is 0 Å². The average Bonchev–Trinajstić information content (AvgIpc) is 2.21. The van der Waals surface area contributed by atoms with E-state index in [1.807, 2.05) is 0 Å². The molecule has 1 aromatic rings. The quantitative estimate of drug-likeness (QED) is 0.554. The van der Waals surface area contributed by atoms with E-state index < -0.39 is 36.2 Å². The maximum Gasteiger partial charge on any atom is 0.491 e. The van der Waals surface area contributed by atoms with E-state index in [-0.39, 0.29) is 4.47 Å². The molecule has 0 saturated carbocycles. The van der Waals surface area contributed by atoms with E-state index in [1.54, 1.807) is 0 Å². The highest BCUT2D eigenvalue weighted by atomic mass is 79.9. The van der Waals surface area contributed by atoms with E-state index in [9.17, 15) is 22.4 Å². The van der Waals surface area contributed by atoms with Gasteiger partial charge in [-0.3, -0.25) is 4.79 Å². The predicted octanol–water partition coefficient (Wildman–Crippen LogP) is 0.769. The summed E-state index contributed by atoms with van der Waals surface area (Å²) in [6.45, 7) is 0. The van der Waals surface area contributed by atoms with Crippen LogP contribution in [-0.2, 0) is 4.79 Å². The molecule has 0 aliphatic rings. The fraction of sp³-hybridized carbons (Fsp3) is 0.125. The summed E-state index contributed by atoms with van der Waals surface area (Å²) in [7, 11) is -2.22. The maximum absolute atomic E-state index is 13.3. The molecule has 1 aromatic carbocycles. The number of carbonyl (C=O) groups is 1. The smallest absolute Gasteiger partial charge is 0.423 e. The van der Waals surface area contributed by atoms with E-state index in [1.165, 1.54) is 5.32 Å². The van der Waals surface area contributed by atoms with Crippen molar-refractivity contribution in [3.8, 4) is 0 Å². The molecule has 1 rings (SSSR count). The van der Waals surface area contributed by atoms with Crippen LogP contribution in [0.15, 0.2) is 16.6 Å². The molecule has 18 heavy (non-hydrogen) atoms. The van der Waals surface area contributed by atoms with E-state index in [4.69, 9.17) is 10.0 Å². The molecular formula is C8H5BBrF4NO3. The fourth-order valence-corrected chi connectivity index (χ4v) is 1.55. The van der Waals surface area contributed by atoms with Crippen molar-refractivity contribution >= 4 is 40.1 Å². The summed E-state index contributed by atoms with van der Waals surface area (Å²) in [6, 6.07) is 1.55. The minimum absolute atomic E-state index is 0.314. The van der Waals surface area contributed by atoms with Crippen LogP contribution in [0.25, 0.3) is 0 Å². The second-order valence-electron chi connectivity index (χ2n) is 3.19. The van der Waals surface area contributed by atoms with Crippen molar-refractivity contribution in [1.29, 1.82) is 0 Å². The van der Waals surface area contributed by atoms with Crippen LogP contribution in [0.3, 0.4) is 0 Å². The first kappa shape index (κ1) is 14.9. The molecule has 0 aliphatic carbocycles. The van der Waals surface area contributed by atoms with E-state index in [0.717, 1.165) is 6.07 Å². The zero-order chi connectivity index (χ0) is 14.1. The monoisotopic (exact) mass is 329 g/mol. The van der Waals surface area contributed by atoms with Crippen LogP contribution in [-0.4, -0.2) is 29.2 Å². The lowest BCUT2D eigenvalue weighted by Crippen LogP contribution is -2.35. The summed E-state index contributed by atoms with van der Waals surface area (Å²) in [5.74, 6) is -3.30.